The van der Waals surface area contributed by atoms with E-state index in [1.165, 1.54) is 6.42 Å². The zero-order valence-corrected chi connectivity index (χ0v) is 8.52. The maximum atomic E-state index is 5.36. The molecule has 1 unspecified atom stereocenters. The van der Waals surface area contributed by atoms with Crippen LogP contribution in [0.5, 0.6) is 0 Å². The van der Waals surface area contributed by atoms with Crippen LogP contribution in [0.25, 0.3) is 0 Å². The van der Waals surface area contributed by atoms with Crippen LogP contribution >= 0.6 is 15.9 Å². The Labute approximate surface area is 76.4 Å². The number of rotatable bonds is 4. The maximum Gasteiger partial charge on any atom is 0.0532 e. The molecular weight excluding hydrogens is 208 g/mol. The third kappa shape index (κ3) is 2.42. The van der Waals surface area contributed by atoms with Gasteiger partial charge in [-0.3, -0.25) is 0 Å². The Morgan fingerprint density at radius 2 is 2.45 bits per heavy atom. The van der Waals surface area contributed by atoms with Crippen LogP contribution in [-0.4, -0.2) is 32.3 Å². The molecular formula is C8H15BrO2. The van der Waals surface area contributed by atoms with Crippen LogP contribution in [0.15, 0.2) is 0 Å². The largest absolute Gasteiger partial charge is 0.385 e. The van der Waals surface area contributed by atoms with Gasteiger partial charge in [-0.1, -0.05) is 15.9 Å². The highest BCUT2D eigenvalue weighted by Gasteiger charge is 2.33. The van der Waals surface area contributed by atoms with Crippen molar-refractivity contribution in [3.8, 4) is 0 Å². The van der Waals surface area contributed by atoms with E-state index in [0.717, 1.165) is 31.6 Å². The van der Waals surface area contributed by atoms with Crippen molar-refractivity contribution in [1.29, 1.82) is 0 Å². The zero-order valence-electron chi connectivity index (χ0n) is 6.94. The van der Waals surface area contributed by atoms with Crippen LogP contribution in [0.2, 0.25) is 0 Å². The Bertz CT molecular complexity index is 111. The first-order valence-electron chi connectivity index (χ1n) is 3.96. The summed E-state index contributed by atoms with van der Waals surface area (Å²) in [5.74, 6) is 0. The number of halogens is 1. The lowest BCUT2D eigenvalue weighted by atomic mass is 9.87. The Kier molecular flexibility index (Phi) is 3.82. The quantitative estimate of drug-likeness (QED) is 0.677. The number of alkyl halides is 1. The number of ether oxygens (including phenoxy) is 2. The van der Waals surface area contributed by atoms with E-state index in [9.17, 15) is 0 Å². The summed E-state index contributed by atoms with van der Waals surface area (Å²) in [6.07, 6.45) is 2.27. The fourth-order valence-corrected chi connectivity index (χ4v) is 2.06. The number of hydrogen-bond donors (Lipinski definition) is 0. The molecule has 66 valence electrons. The second kappa shape index (κ2) is 4.43. The second-order valence-corrected chi connectivity index (χ2v) is 3.74. The Balaban J connectivity index is 2.33. The molecule has 0 saturated carbocycles. The lowest BCUT2D eigenvalue weighted by Crippen LogP contribution is -2.24. The molecule has 0 aromatic rings. The first-order chi connectivity index (χ1) is 5.33. The molecule has 1 saturated heterocycles. The second-order valence-electron chi connectivity index (χ2n) is 3.18. The number of methoxy groups -OCH3 is 1. The lowest BCUT2D eigenvalue weighted by molar-refractivity contribution is 0.120. The highest BCUT2D eigenvalue weighted by Crippen LogP contribution is 2.34. The van der Waals surface area contributed by atoms with E-state index in [2.05, 4.69) is 15.9 Å². The summed E-state index contributed by atoms with van der Waals surface area (Å²) < 4.78 is 10.4. The summed E-state index contributed by atoms with van der Waals surface area (Å²) in [4.78, 5) is 0. The van der Waals surface area contributed by atoms with E-state index in [0.29, 0.717) is 5.41 Å². The summed E-state index contributed by atoms with van der Waals surface area (Å²) in [7, 11) is 1.75. The fraction of sp³-hybridized carbons (Fsp3) is 1.00. The normalized spacial score (nSPS) is 31.1. The molecule has 1 aliphatic rings. The average Bonchev–Trinajstić information content (AvgIpc) is 2.50. The predicted octanol–water partition coefficient (Wildman–Crippen LogP) is 1.82. The van der Waals surface area contributed by atoms with Gasteiger partial charge < -0.3 is 9.47 Å². The Morgan fingerprint density at radius 3 is 2.91 bits per heavy atom. The van der Waals surface area contributed by atoms with Crippen molar-refractivity contribution in [2.24, 2.45) is 5.41 Å². The van der Waals surface area contributed by atoms with Gasteiger partial charge in [0.25, 0.3) is 0 Å². The van der Waals surface area contributed by atoms with Crippen molar-refractivity contribution >= 4 is 15.9 Å². The number of hydrogen-bond acceptors (Lipinski definition) is 2. The standard InChI is InChI=1S/C8H15BrO2/c1-10-4-2-8(6-9)3-5-11-7-8/h2-7H2,1H3. The van der Waals surface area contributed by atoms with Crippen LogP contribution in [0.1, 0.15) is 12.8 Å². The third-order valence-electron chi connectivity index (χ3n) is 2.30. The summed E-state index contributed by atoms with van der Waals surface area (Å²) in [6.45, 7) is 2.64. The van der Waals surface area contributed by atoms with Gasteiger partial charge in [-0.05, 0) is 12.8 Å². The SMILES string of the molecule is COCCC1(CBr)CCOC1. The fourth-order valence-electron chi connectivity index (χ4n) is 1.34. The first-order valence-corrected chi connectivity index (χ1v) is 5.08. The molecule has 0 spiro atoms. The van der Waals surface area contributed by atoms with E-state index in [1.54, 1.807) is 7.11 Å². The molecule has 11 heavy (non-hydrogen) atoms. The molecule has 2 nitrogen and oxygen atoms in total. The van der Waals surface area contributed by atoms with Crippen LogP contribution < -0.4 is 0 Å². The van der Waals surface area contributed by atoms with E-state index < -0.39 is 0 Å². The predicted molar refractivity (Wildman–Crippen MR) is 48.2 cm³/mol. The van der Waals surface area contributed by atoms with Gasteiger partial charge in [0.05, 0.1) is 6.61 Å². The minimum absolute atomic E-state index is 0.357. The molecule has 1 fully saturated rings. The maximum absolute atomic E-state index is 5.36. The molecule has 0 aliphatic carbocycles. The minimum Gasteiger partial charge on any atom is -0.385 e. The van der Waals surface area contributed by atoms with E-state index in [4.69, 9.17) is 9.47 Å². The topological polar surface area (TPSA) is 18.5 Å². The van der Waals surface area contributed by atoms with Crippen LogP contribution in [0.4, 0.5) is 0 Å². The highest BCUT2D eigenvalue weighted by atomic mass is 79.9. The summed E-state index contributed by atoms with van der Waals surface area (Å²) >= 11 is 3.53. The van der Waals surface area contributed by atoms with Gasteiger partial charge in [0, 0.05) is 31.1 Å². The van der Waals surface area contributed by atoms with Crippen molar-refractivity contribution in [1.82, 2.24) is 0 Å². The van der Waals surface area contributed by atoms with Gasteiger partial charge in [-0.2, -0.15) is 0 Å². The van der Waals surface area contributed by atoms with Crippen molar-refractivity contribution in [2.45, 2.75) is 12.8 Å². The third-order valence-corrected chi connectivity index (χ3v) is 3.49. The highest BCUT2D eigenvalue weighted by molar-refractivity contribution is 9.09. The molecule has 0 aromatic heterocycles. The Morgan fingerprint density at radius 1 is 1.64 bits per heavy atom. The smallest absolute Gasteiger partial charge is 0.0532 e. The summed E-state index contributed by atoms with van der Waals surface area (Å²) in [5, 5.41) is 1.03. The monoisotopic (exact) mass is 222 g/mol. The summed E-state index contributed by atoms with van der Waals surface area (Å²) in [5.41, 5.74) is 0.357. The van der Waals surface area contributed by atoms with E-state index >= 15 is 0 Å². The zero-order chi connectivity index (χ0) is 8.16. The van der Waals surface area contributed by atoms with Crippen LogP contribution in [0.3, 0.4) is 0 Å². The molecule has 1 atom stereocenters. The van der Waals surface area contributed by atoms with Crippen molar-refractivity contribution in [3.05, 3.63) is 0 Å². The Hall–Kier alpha value is 0.400. The average molecular weight is 223 g/mol. The van der Waals surface area contributed by atoms with Crippen molar-refractivity contribution < 1.29 is 9.47 Å². The molecule has 1 rings (SSSR count). The molecule has 3 heteroatoms. The van der Waals surface area contributed by atoms with Gasteiger partial charge in [0.2, 0.25) is 0 Å². The van der Waals surface area contributed by atoms with Gasteiger partial charge in [-0.15, -0.1) is 0 Å². The van der Waals surface area contributed by atoms with Crippen LogP contribution in [-0.2, 0) is 9.47 Å². The first kappa shape index (κ1) is 9.49. The van der Waals surface area contributed by atoms with Crippen molar-refractivity contribution in [2.75, 3.05) is 32.3 Å². The minimum atomic E-state index is 0.357. The van der Waals surface area contributed by atoms with Gasteiger partial charge in [-0.25, -0.2) is 0 Å². The molecule has 1 heterocycles. The molecule has 0 radical (unpaired) electrons. The van der Waals surface area contributed by atoms with E-state index in [1.807, 2.05) is 0 Å². The van der Waals surface area contributed by atoms with Crippen LogP contribution in [0, 0.1) is 5.41 Å². The van der Waals surface area contributed by atoms with Gasteiger partial charge in [0.15, 0.2) is 0 Å². The lowest BCUT2D eigenvalue weighted by Gasteiger charge is -2.23. The molecule has 1 aliphatic heterocycles. The van der Waals surface area contributed by atoms with Crippen molar-refractivity contribution in [3.63, 3.8) is 0 Å². The summed E-state index contributed by atoms with van der Waals surface area (Å²) in [6, 6.07) is 0. The molecule has 0 aromatic carbocycles. The molecule has 0 N–H and O–H groups in total. The van der Waals surface area contributed by atoms with Gasteiger partial charge >= 0.3 is 0 Å². The molecule has 0 bridgehead atoms. The molecule has 0 amide bonds. The van der Waals surface area contributed by atoms with E-state index in [-0.39, 0.29) is 0 Å². The van der Waals surface area contributed by atoms with Gasteiger partial charge in [0.1, 0.15) is 0 Å².